The molecule has 17 heavy (non-hydrogen) atoms. The van der Waals surface area contributed by atoms with E-state index >= 15 is 0 Å². The van der Waals surface area contributed by atoms with Crippen LogP contribution in [0.5, 0.6) is 11.5 Å². The Bertz CT molecular complexity index is 388. The Morgan fingerprint density at radius 1 is 1.47 bits per heavy atom. The van der Waals surface area contributed by atoms with Gasteiger partial charge in [-0.15, -0.1) is 11.6 Å². The van der Waals surface area contributed by atoms with Gasteiger partial charge in [-0.2, -0.15) is 0 Å². The number of rotatable bonds is 6. The van der Waals surface area contributed by atoms with Crippen LogP contribution in [0.25, 0.3) is 0 Å². The fourth-order valence-corrected chi connectivity index (χ4v) is 1.52. The van der Waals surface area contributed by atoms with Crippen molar-refractivity contribution in [3.05, 3.63) is 23.8 Å². The first-order valence-electron chi connectivity index (χ1n) is 5.59. The molecular weight excluding hydrogens is 240 g/mol. The number of carbonyl (C=O) groups excluding carboxylic acids is 1. The Kier molecular flexibility index (Phi) is 5.29. The molecule has 94 valence electrons. The first-order valence-corrected chi connectivity index (χ1v) is 6.03. The van der Waals surface area contributed by atoms with Gasteiger partial charge in [-0.3, -0.25) is 4.79 Å². The minimum Gasteiger partial charge on any atom is -0.496 e. The standard InChI is InChI=1S/C13H17ClO3/c1-4-7-17-10-5-6-12(16-3)11(8-10)13(15)9(2)14/h5-6,8-9H,4,7H2,1-3H3. The summed E-state index contributed by atoms with van der Waals surface area (Å²) in [7, 11) is 1.53. The third-order valence-corrected chi connectivity index (χ3v) is 2.47. The Morgan fingerprint density at radius 2 is 2.18 bits per heavy atom. The van der Waals surface area contributed by atoms with Crippen LogP contribution in [-0.2, 0) is 0 Å². The Morgan fingerprint density at radius 3 is 2.71 bits per heavy atom. The van der Waals surface area contributed by atoms with Gasteiger partial charge >= 0.3 is 0 Å². The van der Waals surface area contributed by atoms with Crippen molar-refractivity contribution in [1.82, 2.24) is 0 Å². The number of Topliss-reactive ketones (excluding diaryl/α,β-unsaturated/α-hetero) is 1. The summed E-state index contributed by atoms with van der Waals surface area (Å²) in [5, 5.41) is -0.578. The minimum absolute atomic E-state index is 0.162. The SMILES string of the molecule is CCCOc1ccc(OC)c(C(=O)C(C)Cl)c1. The zero-order valence-corrected chi connectivity index (χ0v) is 11.1. The number of hydrogen-bond donors (Lipinski definition) is 0. The highest BCUT2D eigenvalue weighted by Gasteiger charge is 2.18. The van der Waals surface area contributed by atoms with Gasteiger partial charge in [0, 0.05) is 0 Å². The number of alkyl halides is 1. The smallest absolute Gasteiger partial charge is 0.184 e. The fraction of sp³-hybridized carbons (Fsp3) is 0.462. The fourth-order valence-electron chi connectivity index (χ4n) is 1.40. The summed E-state index contributed by atoms with van der Waals surface area (Å²) in [6, 6.07) is 5.18. The highest BCUT2D eigenvalue weighted by atomic mass is 35.5. The molecule has 0 radical (unpaired) electrons. The topological polar surface area (TPSA) is 35.5 Å². The molecule has 0 saturated heterocycles. The van der Waals surface area contributed by atoms with E-state index in [1.54, 1.807) is 25.1 Å². The van der Waals surface area contributed by atoms with E-state index in [9.17, 15) is 4.79 Å². The first kappa shape index (κ1) is 13.8. The number of benzene rings is 1. The molecule has 0 heterocycles. The molecule has 0 saturated carbocycles. The average molecular weight is 257 g/mol. The quantitative estimate of drug-likeness (QED) is 0.579. The molecule has 1 aromatic carbocycles. The van der Waals surface area contributed by atoms with Crippen LogP contribution in [0.15, 0.2) is 18.2 Å². The lowest BCUT2D eigenvalue weighted by Crippen LogP contribution is -2.12. The Labute approximate surface area is 107 Å². The van der Waals surface area contributed by atoms with Crippen molar-refractivity contribution in [2.24, 2.45) is 0 Å². The lowest BCUT2D eigenvalue weighted by Gasteiger charge is -2.11. The van der Waals surface area contributed by atoms with Crippen LogP contribution in [0, 0.1) is 0 Å². The van der Waals surface area contributed by atoms with E-state index < -0.39 is 5.38 Å². The molecule has 0 spiro atoms. The molecule has 4 heteroatoms. The molecule has 1 aromatic rings. The van der Waals surface area contributed by atoms with E-state index in [1.165, 1.54) is 7.11 Å². The highest BCUT2D eigenvalue weighted by molar-refractivity contribution is 6.34. The predicted octanol–water partition coefficient (Wildman–Crippen LogP) is 3.29. The van der Waals surface area contributed by atoms with E-state index in [2.05, 4.69) is 0 Å². The zero-order valence-electron chi connectivity index (χ0n) is 10.3. The third-order valence-electron chi connectivity index (χ3n) is 2.27. The molecule has 1 atom stereocenters. The van der Waals surface area contributed by atoms with Gasteiger partial charge in [0.25, 0.3) is 0 Å². The van der Waals surface area contributed by atoms with Crippen LogP contribution in [0.3, 0.4) is 0 Å². The Hall–Kier alpha value is -1.22. The summed E-state index contributed by atoms with van der Waals surface area (Å²) >= 11 is 5.80. The molecule has 1 unspecified atom stereocenters. The first-order chi connectivity index (χ1) is 8.10. The van der Waals surface area contributed by atoms with Crippen molar-refractivity contribution in [1.29, 1.82) is 0 Å². The molecule has 1 rings (SSSR count). The van der Waals surface area contributed by atoms with E-state index in [0.29, 0.717) is 23.7 Å². The molecule has 0 aromatic heterocycles. The lowest BCUT2D eigenvalue weighted by atomic mass is 10.1. The summed E-state index contributed by atoms with van der Waals surface area (Å²) in [6.45, 7) is 4.29. The molecule has 0 aliphatic rings. The summed E-state index contributed by atoms with van der Waals surface area (Å²) in [5.41, 5.74) is 0.462. The molecule has 0 bridgehead atoms. The van der Waals surface area contributed by atoms with Crippen LogP contribution in [0.2, 0.25) is 0 Å². The molecule has 3 nitrogen and oxygen atoms in total. The van der Waals surface area contributed by atoms with Crippen LogP contribution in [0.1, 0.15) is 30.6 Å². The van der Waals surface area contributed by atoms with Crippen molar-refractivity contribution in [2.75, 3.05) is 13.7 Å². The lowest BCUT2D eigenvalue weighted by molar-refractivity contribution is 0.0988. The van der Waals surface area contributed by atoms with Gasteiger partial charge in [0.15, 0.2) is 5.78 Å². The van der Waals surface area contributed by atoms with Crippen molar-refractivity contribution in [3.8, 4) is 11.5 Å². The predicted molar refractivity (Wildman–Crippen MR) is 68.4 cm³/mol. The van der Waals surface area contributed by atoms with Crippen molar-refractivity contribution >= 4 is 17.4 Å². The van der Waals surface area contributed by atoms with Gasteiger partial charge in [0.05, 0.1) is 24.7 Å². The van der Waals surface area contributed by atoms with E-state index in [-0.39, 0.29) is 5.78 Å². The molecule has 0 aliphatic carbocycles. The minimum atomic E-state index is -0.578. The number of methoxy groups -OCH3 is 1. The maximum atomic E-state index is 11.9. The van der Waals surface area contributed by atoms with Gasteiger partial charge < -0.3 is 9.47 Å². The average Bonchev–Trinajstić information content (AvgIpc) is 2.34. The summed E-state index contributed by atoms with van der Waals surface area (Å²) in [4.78, 5) is 11.9. The molecule has 0 fully saturated rings. The zero-order chi connectivity index (χ0) is 12.8. The van der Waals surface area contributed by atoms with Crippen LogP contribution >= 0.6 is 11.6 Å². The van der Waals surface area contributed by atoms with Gasteiger partial charge in [-0.05, 0) is 31.5 Å². The maximum absolute atomic E-state index is 11.9. The summed E-state index contributed by atoms with van der Waals surface area (Å²) < 4.78 is 10.6. The van der Waals surface area contributed by atoms with Gasteiger partial charge in [-0.25, -0.2) is 0 Å². The van der Waals surface area contributed by atoms with E-state index in [1.807, 2.05) is 6.92 Å². The number of ketones is 1. The summed E-state index contributed by atoms with van der Waals surface area (Å²) in [5.74, 6) is 1.02. The van der Waals surface area contributed by atoms with Gasteiger partial charge in [-0.1, -0.05) is 6.92 Å². The second-order valence-corrected chi connectivity index (χ2v) is 4.35. The number of carbonyl (C=O) groups is 1. The second-order valence-electron chi connectivity index (χ2n) is 3.69. The maximum Gasteiger partial charge on any atom is 0.184 e. The largest absolute Gasteiger partial charge is 0.496 e. The van der Waals surface area contributed by atoms with Crippen LogP contribution < -0.4 is 9.47 Å². The highest BCUT2D eigenvalue weighted by Crippen LogP contribution is 2.26. The molecular formula is C13H17ClO3. The second kappa shape index (κ2) is 6.50. The number of hydrogen-bond acceptors (Lipinski definition) is 3. The Balaban J connectivity index is 3.02. The van der Waals surface area contributed by atoms with Crippen molar-refractivity contribution in [2.45, 2.75) is 25.6 Å². The van der Waals surface area contributed by atoms with Crippen LogP contribution in [-0.4, -0.2) is 24.9 Å². The summed E-state index contributed by atoms with van der Waals surface area (Å²) in [6.07, 6.45) is 0.918. The van der Waals surface area contributed by atoms with Crippen LogP contribution in [0.4, 0.5) is 0 Å². The normalized spacial score (nSPS) is 12.0. The molecule has 0 N–H and O–H groups in total. The van der Waals surface area contributed by atoms with Gasteiger partial charge in [0.2, 0.25) is 0 Å². The third kappa shape index (κ3) is 3.63. The van der Waals surface area contributed by atoms with Crippen molar-refractivity contribution < 1.29 is 14.3 Å². The van der Waals surface area contributed by atoms with E-state index in [4.69, 9.17) is 21.1 Å². The molecule has 0 amide bonds. The van der Waals surface area contributed by atoms with Gasteiger partial charge in [0.1, 0.15) is 11.5 Å². The number of halogens is 1. The van der Waals surface area contributed by atoms with Crippen molar-refractivity contribution in [3.63, 3.8) is 0 Å². The number of ether oxygens (including phenoxy) is 2. The molecule has 0 aliphatic heterocycles. The monoisotopic (exact) mass is 256 g/mol. The van der Waals surface area contributed by atoms with E-state index in [0.717, 1.165) is 6.42 Å².